The van der Waals surface area contributed by atoms with Crippen LogP contribution in [0.3, 0.4) is 0 Å². The molecule has 0 fully saturated rings. The van der Waals surface area contributed by atoms with Crippen molar-refractivity contribution in [2.75, 3.05) is 6.54 Å². The molecule has 3 heteroatoms. The Kier molecular flexibility index (Phi) is 3.83. The quantitative estimate of drug-likeness (QED) is 0.873. The lowest BCUT2D eigenvalue weighted by Crippen LogP contribution is -2.12. The summed E-state index contributed by atoms with van der Waals surface area (Å²) < 4.78 is 13.3. The fourth-order valence-corrected chi connectivity index (χ4v) is 1.75. The van der Waals surface area contributed by atoms with Crippen LogP contribution in [0.1, 0.15) is 12.5 Å². The van der Waals surface area contributed by atoms with E-state index in [4.69, 9.17) is 0 Å². The highest BCUT2D eigenvalue weighted by molar-refractivity contribution is 5.66. The summed E-state index contributed by atoms with van der Waals surface area (Å²) in [6.45, 7) is 3.68. The van der Waals surface area contributed by atoms with Crippen LogP contribution < -0.4 is 5.32 Å². The van der Waals surface area contributed by atoms with E-state index in [1.807, 2.05) is 25.1 Å². The first-order chi connectivity index (χ1) is 8.31. The second-order valence-corrected chi connectivity index (χ2v) is 3.82. The standard InChI is InChI=1S/C14H15FN2/c1-2-16-9-12-5-6-13(15)8-14(12)11-4-3-7-17-10-11/h3-8,10,16H,2,9H2,1H3. The van der Waals surface area contributed by atoms with Gasteiger partial charge in [0.2, 0.25) is 0 Å². The van der Waals surface area contributed by atoms with Gasteiger partial charge in [0.1, 0.15) is 5.82 Å². The molecule has 2 rings (SSSR count). The molecule has 0 aliphatic heterocycles. The molecule has 0 aliphatic rings. The maximum atomic E-state index is 13.3. The van der Waals surface area contributed by atoms with E-state index in [2.05, 4.69) is 10.3 Å². The number of hydrogen-bond donors (Lipinski definition) is 1. The third-order valence-corrected chi connectivity index (χ3v) is 2.61. The lowest BCUT2D eigenvalue weighted by molar-refractivity contribution is 0.626. The number of benzene rings is 1. The summed E-state index contributed by atoms with van der Waals surface area (Å²) in [6.07, 6.45) is 3.47. The summed E-state index contributed by atoms with van der Waals surface area (Å²) in [5, 5.41) is 3.25. The Labute approximate surface area is 101 Å². The summed E-state index contributed by atoms with van der Waals surface area (Å²) >= 11 is 0. The number of hydrogen-bond acceptors (Lipinski definition) is 2. The van der Waals surface area contributed by atoms with Gasteiger partial charge in [-0.3, -0.25) is 4.98 Å². The molecule has 1 aromatic carbocycles. The minimum Gasteiger partial charge on any atom is -0.313 e. The first-order valence-corrected chi connectivity index (χ1v) is 5.71. The first kappa shape index (κ1) is 11.7. The molecule has 2 aromatic rings. The van der Waals surface area contributed by atoms with Crippen molar-refractivity contribution in [2.24, 2.45) is 0 Å². The molecular weight excluding hydrogens is 215 g/mol. The van der Waals surface area contributed by atoms with Gasteiger partial charge in [-0.1, -0.05) is 19.1 Å². The van der Waals surface area contributed by atoms with Crippen LogP contribution in [-0.4, -0.2) is 11.5 Å². The zero-order chi connectivity index (χ0) is 12.1. The number of pyridine rings is 1. The highest BCUT2D eigenvalue weighted by Crippen LogP contribution is 2.23. The molecule has 0 amide bonds. The van der Waals surface area contributed by atoms with Crippen molar-refractivity contribution in [3.8, 4) is 11.1 Å². The van der Waals surface area contributed by atoms with E-state index in [1.54, 1.807) is 18.5 Å². The van der Waals surface area contributed by atoms with Gasteiger partial charge in [-0.25, -0.2) is 4.39 Å². The van der Waals surface area contributed by atoms with Crippen LogP contribution >= 0.6 is 0 Å². The lowest BCUT2D eigenvalue weighted by Gasteiger charge is -2.10. The minimum absolute atomic E-state index is 0.218. The van der Waals surface area contributed by atoms with Crippen LogP contribution in [-0.2, 0) is 6.54 Å². The van der Waals surface area contributed by atoms with E-state index in [9.17, 15) is 4.39 Å². The van der Waals surface area contributed by atoms with E-state index >= 15 is 0 Å². The van der Waals surface area contributed by atoms with Gasteiger partial charge in [0.15, 0.2) is 0 Å². The fraction of sp³-hybridized carbons (Fsp3) is 0.214. The molecule has 0 spiro atoms. The Morgan fingerprint density at radius 1 is 1.29 bits per heavy atom. The van der Waals surface area contributed by atoms with Crippen molar-refractivity contribution in [2.45, 2.75) is 13.5 Å². The summed E-state index contributed by atoms with van der Waals surface area (Å²) in [6, 6.07) is 8.67. The van der Waals surface area contributed by atoms with Crippen LogP contribution in [0.4, 0.5) is 4.39 Å². The molecule has 0 aliphatic carbocycles. The molecule has 17 heavy (non-hydrogen) atoms. The number of aromatic nitrogens is 1. The van der Waals surface area contributed by atoms with Gasteiger partial charge in [-0.2, -0.15) is 0 Å². The molecule has 0 saturated heterocycles. The number of nitrogens with zero attached hydrogens (tertiary/aromatic N) is 1. The summed E-state index contributed by atoms with van der Waals surface area (Å²) in [4.78, 5) is 4.07. The van der Waals surface area contributed by atoms with Gasteiger partial charge in [0.05, 0.1) is 0 Å². The van der Waals surface area contributed by atoms with Crippen molar-refractivity contribution in [3.05, 3.63) is 54.1 Å². The molecule has 1 N–H and O–H groups in total. The largest absolute Gasteiger partial charge is 0.313 e. The zero-order valence-electron chi connectivity index (χ0n) is 9.78. The topological polar surface area (TPSA) is 24.9 Å². The smallest absolute Gasteiger partial charge is 0.123 e. The van der Waals surface area contributed by atoms with Gasteiger partial charge in [-0.05, 0) is 35.9 Å². The third kappa shape index (κ3) is 2.88. The molecule has 0 atom stereocenters. The number of halogens is 1. The molecule has 0 radical (unpaired) electrons. The average Bonchev–Trinajstić information content (AvgIpc) is 2.38. The molecule has 2 nitrogen and oxygen atoms in total. The molecular formula is C14H15FN2. The SMILES string of the molecule is CCNCc1ccc(F)cc1-c1cccnc1. The maximum absolute atomic E-state index is 13.3. The van der Waals surface area contributed by atoms with Crippen LogP contribution in [0.25, 0.3) is 11.1 Å². The maximum Gasteiger partial charge on any atom is 0.123 e. The van der Waals surface area contributed by atoms with Crippen molar-refractivity contribution in [1.29, 1.82) is 0 Å². The highest BCUT2D eigenvalue weighted by atomic mass is 19.1. The zero-order valence-corrected chi connectivity index (χ0v) is 9.78. The summed E-state index contributed by atoms with van der Waals surface area (Å²) in [7, 11) is 0. The third-order valence-electron chi connectivity index (χ3n) is 2.61. The van der Waals surface area contributed by atoms with E-state index < -0.39 is 0 Å². The van der Waals surface area contributed by atoms with Crippen molar-refractivity contribution in [1.82, 2.24) is 10.3 Å². The molecule has 0 saturated carbocycles. The van der Waals surface area contributed by atoms with Crippen molar-refractivity contribution >= 4 is 0 Å². The second kappa shape index (κ2) is 5.55. The fourth-order valence-electron chi connectivity index (χ4n) is 1.75. The summed E-state index contributed by atoms with van der Waals surface area (Å²) in [5.41, 5.74) is 2.93. The lowest BCUT2D eigenvalue weighted by atomic mass is 10.0. The predicted molar refractivity (Wildman–Crippen MR) is 67.0 cm³/mol. The van der Waals surface area contributed by atoms with Crippen LogP contribution in [0.5, 0.6) is 0 Å². The van der Waals surface area contributed by atoms with Crippen molar-refractivity contribution < 1.29 is 4.39 Å². The average molecular weight is 230 g/mol. The highest BCUT2D eigenvalue weighted by Gasteiger charge is 2.06. The van der Waals surface area contributed by atoms with Gasteiger partial charge in [0.25, 0.3) is 0 Å². The Morgan fingerprint density at radius 3 is 2.88 bits per heavy atom. The van der Waals surface area contributed by atoms with Gasteiger partial charge in [0, 0.05) is 24.5 Å². The van der Waals surface area contributed by atoms with Crippen LogP contribution in [0.2, 0.25) is 0 Å². The molecule has 1 aromatic heterocycles. The number of nitrogens with one attached hydrogen (secondary N) is 1. The Hall–Kier alpha value is -1.74. The van der Waals surface area contributed by atoms with E-state index in [-0.39, 0.29) is 5.82 Å². The van der Waals surface area contributed by atoms with Crippen molar-refractivity contribution in [3.63, 3.8) is 0 Å². The van der Waals surface area contributed by atoms with Crippen LogP contribution in [0.15, 0.2) is 42.7 Å². The number of rotatable bonds is 4. The van der Waals surface area contributed by atoms with E-state index in [1.165, 1.54) is 6.07 Å². The normalized spacial score (nSPS) is 10.5. The Balaban J connectivity index is 2.40. The first-order valence-electron chi connectivity index (χ1n) is 5.71. The molecule has 1 heterocycles. The van der Waals surface area contributed by atoms with E-state index in [0.717, 1.165) is 29.8 Å². The van der Waals surface area contributed by atoms with Gasteiger partial charge < -0.3 is 5.32 Å². The Bertz CT molecular complexity index is 483. The summed E-state index contributed by atoms with van der Waals surface area (Å²) in [5.74, 6) is -0.218. The van der Waals surface area contributed by atoms with Gasteiger partial charge >= 0.3 is 0 Å². The van der Waals surface area contributed by atoms with E-state index in [0.29, 0.717) is 0 Å². The van der Waals surface area contributed by atoms with Crippen LogP contribution in [0, 0.1) is 5.82 Å². The molecule has 88 valence electrons. The van der Waals surface area contributed by atoms with Gasteiger partial charge in [-0.15, -0.1) is 0 Å². The second-order valence-electron chi connectivity index (χ2n) is 3.82. The monoisotopic (exact) mass is 230 g/mol. The molecule has 0 unspecified atom stereocenters. The Morgan fingerprint density at radius 2 is 2.18 bits per heavy atom. The predicted octanol–water partition coefficient (Wildman–Crippen LogP) is 3.00. The molecule has 0 bridgehead atoms. The minimum atomic E-state index is -0.218.